The van der Waals surface area contributed by atoms with Crippen molar-refractivity contribution in [2.45, 2.75) is 46.2 Å². The van der Waals surface area contributed by atoms with Gasteiger partial charge in [-0.1, -0.05) is 53.6 Å². The molecule has 29 heavy (non-hydrogen) atoms. The highest BCUT2D eigenvalue weighted by atomic mass is 16.2. The Morgan fingerprint density at radius 2 is 1.62 bits per heavy atom. The van der Waals surface area contributed by atoms with Gasteiger partial charge in [0.15, 0.2) is 0 Å². The van der Waals surface area contributed by atoms with Gasteiger partial charge in [-0.05, 0) is 69.5 Å². The molecule has 0 aromatic heterocycles. The predicted octanol–water partition coefficient (Wildman–Crippen LogP) is 6.20. The van der Waals surface area contributed by atoms with Crippen LogP contribution in [0.4, 0.5) is 11.4 Å². The lowest BCUT2D eigenvalue weighted by Crippen LogP contribution is -2.44. The fraction of sp³-hybridized carbons (Fsp3) is 0.269. The van der Waals surface area contributed by atoms with E-state index in [1.807, 2.05) is 36.1 Å². The lowest BCUT2D eigenvalue weighted by atomic mass is 9.89. The van der Waals surface area contributed by atoms with E-state index in [0.29, 0.717) is 0 Å². The third kappa shape index (κ3) is 3.77. The maximum Gasteiger partial charge on any atom is 0.258 e. The molecular weight excluding hydrogens is 356 g/mol. The maximum absolute atomic E-state index is 13.5. The van der Waals surface area contributed by atoms with E-state index >= 15 is 0 Å². The summed E-state index contributed by atoms with van der Waals surface area (Å²) in [6, 6.07) is 23.0. The van der Waals surface area contributed by atoms with Crippen LogP contribution in [0, 0.1) is 20.8 Å². The fourth-order valence-electron chi connectivity index (χ4n) is 4.22. The number of benzene rings is 3. The van der Waals surface area contributed by atoms with Crippen LogP contribution in [0.3, 0.4) is 0 Å². The zero-order chi connectivity index (χ0) is 20.5. The highest BCUT2D eigenvalue weighted by molar-refractivity contribution is 6.08. The van der Waals surface area contributed by atoms with Gasteiger partial charge in [0.05, 0.1) is 6.04 Å². The summed E-state index contributed by atoms with van der Waals surface area (Å²) in [5, 5.41) is 3.69. The molecule has 1 heterocycles. The Labute approximate surface area is 173 Å². The Morgan fingerprint density at radius 3 is 2.34 bits per heavy atom. The lowest BCUT2D eigenvalue weighted by Gasteiger charge is -2.40. The van der Waals surface area contributed by atoms with Crippen molar-refractivity contribution in [3.05, 3.63) is 94.5 Å². The number of nitrogens with one attached hydrogen (secondary N) is 1. The number of hydrogen-bond acceptors (Lipinski definition) is 2. The third-order valence-corrected chi connectivity index (χ3v) is 5.82. The minimum Gasteiger partial charge on any atom is -0.378 e. The van der Waals surface area contributed by atoms with Gasteiger partial charge in [0.2, 0.25) is 0 Å². The maximum atomic E-state index is 13.5. The summed E-state index contributed by atoms with van der Waals surface area (Å²) in [7, 11) is 0. The average Bonchev–Trinajstić information content (AvgIpc) is 2.70. The number of hydrogen-bond donors (Lipinski definition) is 1. The van der Waals surface area contributed by atoms with Crippen LogP contribution in [0.2, 0.25) is 0 Å². The van der Waals surface area contributed by atoms with E-state index in [4.69, 9.17) is 0 Å². The summed E-state index contributed by atoms with van der Waals surface area (Å²) < 4.78 is 0. The number of fused-ring (bicyclic) bond motifs is 1. The van der Waals surface area contributed by atoms with Crippen molar-refractivity contribution in [2.75, 3.05) is 10.2 Å². The van der Waals surface area contributed by atoms with Gasteiger partial charge >= 0.3 is 0 Å². The van der Waals surface area contributed by atoms with Gasteiger partial charge in [0.25, 0.3) is 5.91 Å². The van der Waals surface area contributed by atoms with Crippen LogP contribution >= 0.6 is 0 Å². The number of nitrogens with zero attached hydrogens (tertiary/aromatic N) is 1. The van der Waals surface area contributed by atoms with Crippen molar-refractivity contribution < 1.29 is 4.79 Å². The van der Waals surface area contributed by atoms with E-state index in [1.165, 1.54) is 16.7 Å². The molecule has 0 saturated carbocycles. The molecule has 0 unspecified atom stereocenters. The summed E-state index contributed by atoms with van der Waals surface area (Å²) >= 11 is 0. The molecule has 1 aliphatic rings. The monoisotopic (exact) mass is 384 g/mol. The minimum atomic E-state index is 0.0782. The number of amides is 1. The fourth-order valence-corrected chi connectivity index (χ4v) is 4.22. The van der Waals surface area contributed by atoms with Gasteiger partial charge in [0, 0.05) is 23.0 Å². The number of aryl methyl sites for hydroxylation is 3. The lowest BCUT2D eigenvalue weighted by molar-refractivity contribution is 0.0973. The standard InChI is InChI=1S/C26H28N2O/c1-17-9-12-21(13-10-17)27-24-16-20(4)28(25-14-11-18(2)15-23(24)25)26(29)22-8-6-5-7-19(22)3/h5-15,20,24,27H,16H2,1-4H3/t20-,24+/m1/s1. The summed E-state index contributed by atoms with van der Waals surface area (Å²) in [5.41, 5.74) is 7.54. The third-order valence-electron chi connectivity index (χ3n) is 5.82. The van der Waals surface area contributed by atoms with E-state index in [2.05, 4.69) is 68.6 Å². The second-order valence-corrected chi connectivity index (χ2v) is 8.20. The topological polar surface area (TPSA) is 32.3 Å². The molecule has 0 aliphatic carbocycles. The van der Waals surface area contributed by atoms with Gasteiger partial charge in [0.1, 0.15) is 0 Å². The predicted molar refractivity (Wildman–Crippen MR) is 121 cm³/mol. The molecular formula is C26H28N2O. The van der Waals surface area contributed by atoms with Gasteiger partial charge in [-0.15, -0.1) is 0 Å². The van der Waals surface area contributed by atoms with E-state index < -0.39 is 0 Å². The molecule has 0 spiro atoms. The Morgan fingerprint density at radius 1 is 0.931 bits per heavy atom. The Hall–Kier alpha value is -3.07. The molecule has 3 aromatic rings. The van der Waals surface area contributed by atoms with Gasteiger partial charge in [-0.3, -0.25) is 4.79 Å². The second-order valence-electron chi connectivity index (χ2n) is 8.20. The molecule has 0 radical (unpaired) electrons. The van der Waals surface area contributed by atoms with Crippen LogP contribution in [-0.4, -0.2) is 11.9 Å². The van der Waals surface area contributed by atoms with E-state index in [9.17, 15) is 4.79 Å². The molecule has 0 saturated heterocycles. The molecule has 1 aliphatic heterocycles. The molecule has 4 rings (SSSR count). The number of anilines is 2. The molecule has 148 valence electrons. The van der Waals surface area contributed by atoms with Gasteiger partial charge in [-0.2, -0.15) is 0 Å². The smallest absolute Gasteiger partial charge is 0.258 e. The number of rotatable bonds is 3. The van der Waals surface area contributed by atoms with E-state index in [0.717, 1.165) is 28.9 Å². The first kappa shape index (κ1) is 19.3. The SMILES string of the molecule is Cc1ccc(N[C@H]2C[C@@H](C)N(C(=O)c3ccccc3C)c3ccc(C)cc32)cc1. The summed E-state index contributed by atoms with van der Waals surface area (Å²) in [4.78, 5) is 15.5. The quantitative estimate of drug-likeness (QED) is 0.583. The average molecular weight is 385 g/mol. The molecule has 3 heteroatoms. The van der Waals surface area contributed by atoms with Crippen LogP contribution in [0.15, 0.2) is 66.7 Å². The van der Waals surface area contributed by atoms with Crippen LogP contribution in [0.5, 0.6) is 0 Å². The molecule has 0 fully saturated rings. The van der Waals surface area contributed by atoms with Crippen molar-refractivity contribution in [1.29, 1.82) is 0 Å². The largest absolute Gasteiger partial charge is 0.378 e. The van der Waals surface area contributed by atoms with Crippen molar-refractivity contribution in [3.8, 4) is 0 Å². The molecule has 1 amide bonds. The number of carbonyl (C=O) groups is 1. The first-order valence-corrected chi connectivity index (χ1v) is 10.3. The van der Waals surface area contributed by atoms with Gasteiger partial charge in [-0.25, -0.2) is 0 Å². The molecule has 3 nitrogen and oxygen atoms in total. The Bertz CT molecular complexity index is 1040. The highest BCUT2D eigenvalue weighted by Gasteiger charge is 2.34. The van der Waals surface area contributed by atoms with Crippen LogP contribution < -0.4 is 10.2 Å². The molecule has 1 N–H and O–H groups in total. The summed E-state index contributed by atoms with van der Waals surface area (Å²) in [6.45, 7) is 8.34. The first-order valence-electron chi connectivity index (χ1n) is 10.3. The zero-order valence-corrected chi connectivity index (χ0v) is 17.6. The Kier molecular flexibility index (Phi) is 5.14. The van der Waals surface area contributed by atoms with Crippen LogP contribution in [-0.2, 0) is 0 Å². The minimum absolute atomic E-state index is 0.0782. The van der Waals surface area contributed by atoms with Gasteiger partial charge < -0.3 is 10.2 Å². The molecule has 2 atom stereocenters. The van der Waals surface area contributed by atoms with Crippen molar-refractivity contribution in [2.24, 2.45) is 0 Å². The first-order chi connectivity index (χ1) is 13.9. The zero-order valence-electron chi connectivity index (χ0n) is 17.6. The van der Waals surface area contributed by atoms with E-state index in [1.54, 1.807) is 0 Å². The molecule has 0 bridgehead atoms. The molecule has 3 aromatic carbocycles. The van der Waals surface area contributed by atoms with E-state index in [-0.39, 0.29) is 18.0 Å². The summed E-state index contributed by atoms with van der Waals surface area (Å²) in [6.07, 6.45) is 0.863. The van der Waals surface area contributed by atoms with Crippen LogP contribution in [0.1, 0.15) is 52.0 Å². The van der Waals surface area contributed by atoms with Crippen LogP contribution in [0.25, 0.3) is 0 Å². The van der Waals surface area contributed by atoms with Crippen molar-refractivity contribution >= 4 is 17.3 Å². The second kappa shape index (κ2) is 7.75. The number of carbonyl (C=O) groups excluding carboxylic acids is 1. The highest BCUT2D eigenvalue weighted by Crippen LogP contribution is 2.40. The summed E-state index contributed by atoms with van der Waals surface area (Å²) in [5.74, 6) is 0.0782. The Balaban J connectivity index is 1.73. The van der Waals surface area contributed by atoms with Crippen molar-refractivity contribution in [1.82, 2.24) is 0 Å². The van der Waals surface area contributed by atoms with Crippen molar-refractivity contribution in [3.63, 3.8) is 0 Å². The normalized spacial score (nSPS) is 18.3.